The summed E-state index contributed by atoms with van der Waals surface area (Å²) in [5.41, 5.74) is 1.24. The molecule has 0 spiro atoms. The predicted octanol–water partition coefficient (Wildman–Crippen LogP) is 2.96. The molecule has 0 atom stereocenters. The lowest BCUT2D eigenvalue weighted by atomic mass is 10.4. The van der Waals surface area contributed by atoms with E-state index in [2.05, 4.69) is 24.2 Å². The third kappa shape index (κ3) is 2.83. The van der Waals surface area contributed by atoms with Gasteiger partial charge in [0.2, 0.25) is 0 Å². The van der Waals surface area contributed by atoms with Gasteiger partial charge in [-0.05, 0) is 12.2 Å². The molecular weight excluding hydrogens is 174 g/mol. The maximum Gasteiger partial charge on any atom is 0.103 e. The van der Waals surface area contributed by atoms with Crippen molar-refractivity contribution >= 4 is 23.1 Å². The minimum atomic E-state index is 1.06. The molecule has 1 aromatic heterocycles. The number of hydrogen-bond acceptors (Lipinski definition) is 3. The molecular formula is C8H13NS2. The van der Waals surface area contributed by atoms with Crippen molar-refractivity contribution in [2.45, 2.75) is 26.0 Å². The van der Waals surface area contributed by atoms with Gasteiger partial charge >= 0.3 is 0 Å². The highest BCUT2D eigenvalue weighted by Crippen LogP contribution is 2.16. The highest BCUT2D eigenvalue weighted by atomic mass is 32.2. The van der Waals surface area contributed by atoms with E-state index in [1.165, 1.54) is 16.5 Å². The van der Waals surface area contributed by atoms with Crippen LogP contribution in [0.1, 0.15) is 24.5 Å². The van der Waals surface area contributed by atoms with Crippen LogP contribution in [-0.4, -0.2) is 10.7 Å². The molecule has 11 heavy (non-hydrogen) atoms. The third-order valence-electron chi connectivity index (χ3n) is 1.39. The Kier molecular flexibility index (Phi) is 3.94. The molecule has 1 heterocycles. The van der Waals surface area contributed by atoms with Crippen molar-refractivity contribution < 1.29 is 0 Å². The Hall–Kier alpha value is -0.0200. The summed E-state index contributed by atoms with van der Waals surface area (Å²) in [5.74, 6) is 2.27. The molecule has 0 fully saturated rings. The summed E-state index contributed by atoms with van der Waals surface area (Å²) in [6.07, 6.45) is 1.06. The number of aryl methyl sites for hydroxylation is 1. The van der Waals surface area contributed by atoms with E-state index in [1.54, 1.807) is 11.3 Å². The maximum absolute atomic E-state index is 4.46. The number of nitrogens with zero attached hydrogens (tertiary/aromatic N) is 1. The van der Waals surface area contributed by atoms with Gasteiger partial charge in [-0.3, -0.25) is 0 Å². The highest BCUT2D eigenvalue weighted by molar-refractivity contribution is 7.98. The summed E-state index contributed by atoms with van der Waals surface area (Å²) in [6.45, 7) is 4.32. The maximum atomic E-state index is 4.46. The SMILES string of the molecule is CCSCc1nc(CC)cs1. The molecule has 0 N–H and O–H groups in total. The molecule has 0 radical (unpaired) electrons. The minimum Gasteiger partial charge on any atom is -0.245 e. The van der Waals surface area contributed by atoms with Crippen molar-refractivity contribution in [2.75, 3.05) is 5.75 Å². The van der Waals surface area contributed by atoms with E-state index in [4.69, 9.17) is 0 Å². The highest BCUT2D eigenvalue weighted by Gasteiger charge is 1.98. The predicted molar refractivity (Wildman–Crippen MR) is 53.3 cm³/mol. The quantitative estimate of drug-likeness (QED) is 0.719. The fraction of sp³-hybridized carbons (Fsp3) is 0.625. The molecule has 0 aliphatic rings. The Balaban J connectivity index is 2.44. The Morgan fingerprint density at radius 2 is 2.36 bits per heavy atom. The number of aromatic nitrogens is 1. The summed E-state index contributed by atoms with van der Waals surface area (Å²) in [6, 6.07) is 0. The van der Waals surface area contributed by atoms with Gasteiger partial charge in [0, 0.05) is 11.1 Å². The molecule has 1 nitrogen and oxygen atoms in total. The second kappa shape index (κ2) is 4.78. The molecule has 0 aliphatic carbocycles. The molecule has 0 saturated heterocycles. The Labute approximate surface area is 76.2 Å². The monoisotopic (exact) mass is 187 g/mol. The van der Waals surface area contributed by atoms with E-state index in [-0.39, 0.29) is 0 Å². The topological polar surface area (TPSA) is 12.9 Å². The molecule has 62 valence electrons. The van der Waals surface area contributed by atoms with E-state index < -0.39 is 0 Å². The summed E-state index contributed by atoms with van der Waals surface area (Å²) in [7, 11) is 0. The lowest BCUT2D eigenvalue weighted by molar-refractivity contribution is 1.04. The number of thioether (sulfide) groups is 1. The van der Waals surface area contributed by atoms with E-state index >= 15 is 0 Å². The molecule has 0 unspecified atom stereocenters. The molecule has 3 heteroatoms. The Morgan fingerprint density at radius 1 is 1.55 bits per heavy atom. The zero-order chi connectivity index (χ0) is 8.10. The second-order valence-corrected chi connectivity index (χ2v) is 4.44. The van der Waals surface area contributed by atoms with Gasteiger partial charge < -0.3 is 0 Å². The van der Waals surface area contributed by atoms with E-state index in [0.717, 1.165) is 12.2 Å². The van der Waals surface area contributed by atoms with Crippen molar-refractivity contribution in [3.63, 3.8) is 0 Å². The second-order valence-electron chi connectivity index (χ2n) is 2.22. The number of thiazole rings is 1. The van der Waals surface area contributed by atoms with Gasteiger partial charge in [0.05, 0.1) is 5.69 Å². The van der Waals surface area contributed by atoms with Crippen LogP contribution in [0.3, 0.4) is 0 Å². The summed E-state index contributed by atoms with van der Waals surface area (Å²) < 4.78 is 0. The van der Waals surface area contributed by atoms with Gasteiger partial charge in [-0.15, -0.1) is 11.3 Å². The Morgan fingerprint density at radius 3 is 2.91 bits per heavy atom. The van der Waals surface area contributed by atoms with Crippen LogP contribution in [0.4, 0.5) is 0 Å². The van der Waals surface area contributed by atoms with Crippen molar-refractivity contribution in [2.24, 2.45) is 0 Å². The zero-order valence-corrected chi connectivity index (χ0v) is 8.60. The van der Waals surface area contributed by atoms with Crippen LogP contribution in [0, 0.1) is 0 Å². The van der Waals surface area contributed by atoms with Crippen molar-refractivity contribution in [1.29, 1.82) is 0 Å². The fourth-order valence-electron chi connectivity index (χ4n) is 0.767. The normalized spacial score (nSPS) is 10.4. The molecule has 0 bridgehead atoms. The van der Waals surface area contributed by atoms with Gasteiger partial charge in [0.15, 0.2) is 0 Å². The third-order valence-corrected chi connectivity index (χ3v) is 3.36. The van der Waals surface area contributed by atoms with Crippen LogP contribution in [0.15, 0.2) is 5.38 Å². The largest absolute Gasteiger partial charge is 0.245 e. The van der Waals surface area contributed by atoms with Crippen LogP contribution in [0.5, 0.6) is 0 Å². The number of hydrogen-bond donors (Lipinski definition) is 0. The average molecular weight is 187 g/mol. The van der Waals surface area contributed by atoms with E-state index in [1.807, 2.05) is 11.8 Å². The van der Waals surface area contributed by atoms with Crippen molar-refractivity contribution in [3.8, 4) is 0 Å². The molecule has 0 aromatic carbocycles. The smallest absolute Gasteiger partial charge is 0.103 e. The molecule has 1 rings (SSSR count). The first-order valence-electron chi connectivity index (χ1n) is 3.87. The molecule has 1 aromatic rings. The zero-order valence-electron chi connectivity index (χ0n) is 6.96. The first-order valence-corrected chi connectivity index (χ1v) is 5.91. The van der Waals surface area contributed by atoms with E-state index in [0.29, 0.717) is 0 Å². The van der Waals surface area contributed by atoms with Gasteiger partial charge in [-0.2, -0.15) is 11.8 Å². The number of rotatable bonds is 4. The van der Waals surface area contributed by atoms with Crippen molar-refractivity contribution in [1.82, 2.24) is 4.98 Å². The molecule has 0 saturated carbocycles. The van der Waals surface area contributed by atoms with Crippen LogP contribution < -0.4 is 0 Å². The van der Waals surface area contributed by atoms with E-state index in [9.17, 15) is 0 Å². The fourth-order valence-corrected chi connectivity index (χ4v) is 2.39. The Bertz CT molecular complexity index is 208. The van der Waals surface area contributed by atoms with Crippen LogP contribution >= 0.6 is 23.1 Å². The summed E-state index contributed by atoms with van der Waals surface area (Å²) in [4.78, 5) is 4.46. The van der Waals surface area contributed by atoms with Gasteiger partial charge in [-0.1, -0.05) is 13.8 Å². The minimum absolute atomic E-state index is 1.06. The average Bonchev–Trinajstić information content (AvgIpc) is 2.48. The summed E-state index contributed by atoms with van der Waals surface area (Å²) in [5, 5.41) is 3.43. The van der Waals surface area contributed by atoms with Gasteiger partial charge in [0.1, 0.15) is 5.01 Å². The van der Waals surface area contributed by atoms with Crippen LogP contribution in [0.2, 0.25) is 0 Å². The first-order chi connectivity index (χ1) is 5.36. The van der Waals surface area contributed by atoms with Gasteiger partial charge in [0.25, 0.3) is 0 Å². The lowest BCUT2D eigenvalue weighted by Crippen LogP contribution is -1.82. The lowest BCUT2D eigenvalue weighted by Gasteiger charge is -1.91. The first kappa shape index (κ1) is 9.07. The van der Waals surface area contributed by atoms with Crippen LogP contribution in [0.25, 0.3) is 0 Å². The standard InChI is InChI=1S/C8H13NS2/c1-3-7-5-11-8(9-7)6-10-4-2/h5H,3-4,6H2,1-2H3. The van der Waals surface area contributed by atoms with Crippen LogP contribution in [-0.2, 0) is 12.2 Å². The molecule has 0 amide bonds. The van der Waals surface area contributed by atoms with Gasteiger partial charge in [-0.25, -0.2) is 4.98 Å². The van der Waals surface area contributed by atoms with Crippen molar-refractivity contribution in [3.05, 3.63) is 16.1 Å². The molecule has 0 aliphatic heterocycles. The summed E-state index contributed by atoms with van der Waals surface area (Å²) >= 11 is 3.72.